The van der Waals surface area contributed by atoms with Crippen LogP contribution in [0.5, 0.6) is 0 Å². The van der Waals surface area contributed by atoms with Crippen molar-refractivity contribution >= 4 is 11.8 Å². The second-order valence-electron chi connectivity index (χ2n) is 6.96. The van der Waals surface area contributed by atoms with Crippen LogP contribution in [0.1, 0.15) is 38.4 Å². The molecular weight excluding hydrogens is 346 g/mol. The summed E-state index contributed by atoms with van der Waals surface area (Å²) in [6, 6.07) is 10.0. The largest absolute Gasteiger partial charge is 0.311 e. The fraction of sp³-hybridized carbons (Fsp3) is 0.368. The van der Waals surface area contributed by atoms with Crippen LogP contribution < -0.4 is 5.56 Å². The molecule has 1 aliphatic rings. The summed E-state index contributed by atoms with van der Waals surface area (Å²) in [5.41, 5.74) is 0.905. The van der Waals surface area contributed by atoms with Crippen LogP contribution >= 0.6 is 11.8 Å². The average molecular weight is 367 g/mol. The molecule has 0 aliphatic heterocycles. The van der Waals surface area contributed by atoms with E-state index in [1.54, 1.807) is 17.0 Å². The highest BCUT2D eigenvalue weighted by atomic mass is 32.2. The average Bonchev–Trinajstić information content (AvgIpc) is 3.39. The summed E-state index contributed by atoms with van der Waals surface area (Å²) in [7, 11) is 0. The maximum Gasteiger partial charge on any atom is 0.283 e. The number of rotatable bonds is 6. The van der Waals surface area contributed by atoms with Gasteiger partial charge in [-0.1, -0.05) is 32.0 Å². The number of hydrogen-bond donors (Lipinski definition) is 0. The Kier molecular flexibility index (Phi) is 4.63. The molecule has 1 aromatic carbocycles. The van der Waals surface area contributed by atoms with Gasteiger partial charge in [-0.25, -0.2) is 14.6 Å². The van der Waals surface area contributed by atoms with Crippen LogP contribution in [0.25, 0.3) is 5.69 Å². The van der Waals surface area contributed by atoms with Gasteiger partial charge in [-0.3, -0.25) is 4.79 Å². The van der Waals surface area contributed by atoms with Gasteiger partial charge in [0.15, 0.2) is 5.03 Å². The minimum absolute atomic E-state index is 0.0877. The predicted molar refractivity (Wildman–Crippen MR) is 101 cm³/mol. The molecule has 26 heavy (non-hydrogen) atoms. The first-order valence-corrected chi connectivity index (χ1v) is 9.69. The second-order valence-corrected chi connectivity index (χ2v) is 7.92. The second kappa shape index (κ2) is 7.07. The Balaban J connectivity index is 1.67. The van der Waals surface area contributed by atoms with E-state index in [9.17, 15) is 4.79 Å². The quantitative estimate of drug-likeness (QED) is 0.667. The summed E-state index contributed by atoms with van der Waals surface area (Å²) in [5, 5.41) is 5.64. The number of aromatic nitrogens is 5. The molecule has 1 aliphatic carbocycles. The Labute approximate surface area is 156 Å². The van der Waals surface area contributed by atoms with E-state index in [0.717, 1.165) is 24.4 Å². The highest BCUT2D eigenvalue weighted by Crippen LogP contribution is 2.40. The summed E-state index contributed by atoms with van der Waals surface area (Å²) in [6.45, 7) is 4.85. The maximum absolute atomic E-state index is 12.6. The third-order valence-electron chi connectivity index (χ3n) is 4.19. The molecule has 4 rings (SSSR count). The first-order valence-electron chi connectivity index (χ1n) is 8.87. The molecule has 0 unspecified atom stereocenters. The smallest absolute Gasteiger partial charge is 0.283 e. The Hall–Kier alpha value is -2.41. The first kappa shape index (κ1) is 17.0. The molecule has 0 atom stereocenters. The van der Waals surface area contributed by atoms with Gasteiger partial charge in [0.05, 0.1) is 5.69 Å². The van der Waals surface area contributed by atoms with Crippen LogP contribution in [-0.4, -0.2) is 24.3 Å². The topological polar surface area (TPSA) is 65.6 Å². The predicted octanol–water partition coefficient (Wildman–Crippen LogP) is 3.51. The van der Waals surface area contributed by atoms with E-state index >= 15 is 0 Å². The van der Waals surface area contributed by atoms with Crippen molar-refractivity contribution in [2.75, 3.05) is 0 Å². The lowest BCUT2D eigenvalue weighted by Crippen LogP contribution is -2.24. The molecule has 0 amide bonds. The van der Waals surface area contributed by atoms with Crippen LogP contribution in [0, 0.1) is 5.92 Å². The van der Waals surface area contributed by atoms with Crippen LogP contribution in [0.3, 0.4) is 0 Å². The highest BCUT2D eigenvalue weighted by Gasteiger charge is 2.30. The van der Waals surface area contributed by atoms with E-state index in [1.165, 1.54) is 11.8 Å². The molecule has 6 nitrogen and oxygen atoms in total. The van der Waals surface area contributed by atoms with Gasteiger partial charge in [0.2, 0.25) is 5.16 Å². The van der Waals surface area contributed by atoms with Gasteiger partial charge >= 0.3 is 0 Å². The lowest BCUT2D eigenvalue weighted by molar-refractivity contribution is 0.502. The monoisotopic (exact) mass is 367 g/mol. The molecule has 7 heteroatoms. The molecule has 134 valence electrons. The molecule has 0 spiro atoms. The molecule has 0 N–H and O–H groups in total. The SMILES string of the molecule is CC(C)Cn1ccnc(Sc2nc(C3CC3)n(-c3ccccc3)n2)c1=O. The van der Waals surface area contributed by atoms with Gasteiger partial charge in [-0.15, -0.1) is 5.10 Å². The zero-order valence-electron chi connectivity index (χ0n) is 14.9. The van der Waals surface area contributed by atoms with E-state index < -0.39 is 0 Å². The van der Waals surface area contributed by atoms with Crippen LogP contribution in [0.15, 0.2) is 57.7 Å². The summed E-state index contributed by atoms with van der Waals surface area (Å²) in [5.74, 6) is 1.82. The van der Waals surface area contributed by atoms with E-state index in [0.29, 0.717) is 28.6 Å². The van der Waals surface area contributed by atoms with Crippen molar-refractivity contribution in [3.8, 4) is 5.69 Å². The van der Waals surface area contributed by atoms with E-state index in [4.69, 9.17) is 4.98 Å². The number of hydrogen-bond acceptors (Lipinski definition) is 5. The summed E-state index contributed by atoms with van der Waals surface area (Å²) in [4.78, 5) is 21.6. The van der Waals surface area contributed by atoms with Gasteiger partial charge < -0.3 is 4.57 Å². The third-order valence-corrected chi connectivity index (χ3v) is 5.02. The fourth-order valence-corrected chi connectivity index (χ4v) is 3.59. The van der Waals surface area contributed by atoms with Gasteiger partial charge in [0.1, 0.15) is 5.82 Å². The Bertz CT molecular complexity index is 960. The lowest BCUT2D eigenvalue weighted by Gasteiger charge is -2.08. The van der Waals surface area contributed by atoms with Gasteiger partial charge in [0, 0.05) is 24.9 Å². The van der Waals surface area contributed by atoms with Crippen molar-refractivity contribution in [1.82, 2.24) is 24.3 Å². The lowest BCUT2D eigenvalue weighted by atomic mass is 10.2. The first-order chi connectivity index (χ1) is 12.6. The zero-order valence-corrected chi connectivity index (χ0v) is 15.7. The molecule has 3 aromatic rings. The van der Waals surface area contributed by atoms with E-state index in [-0.39, 0.29) is 5.56 Å². The van der Waals surface area contributed by atoms with Crippen LogP contribution in [0.4, 0.5) is 0 Å². The van der Waals surface area contributed by atoms with Crippen molar-refractivity contribution in [2.24, 2.45) is 5.92 Å². The Morgan fingerprint density at radius 1 is 1.23 bits per heavy atom. The highest BCUT2D eigenvalue weighted by molar-refractivity contribution is 7.99. The summed E-state index contributed by atoms with van der Waals surface area (Å²) in [6.07, 6.45) is 5.68. The fourth-order valence-electron chi connectivity index (χ4n) is 2.83. The van der Waals surface area contributed by atoms with Gasteiger partial charge in [-0.05, 0) is 42.7 Å². The minimum Gasteiger partial charge on any atom is -0.311 e. The van der Waals surface area contributed by atoms with Gasteiger partial charge in [-0.2, -0.15) is 0 Å². The van der Waals surface area contributed by atoms with Crippen LogP contribution in [-0.2, 0) is 6.54 Å². The normalized spacial score (nSPS) is 14.1. The Morgan fingerprint density at radius 2 is 2.00 bits per heavy atom. The molecule has 0 saturated heterocycles. The number of benzene rings is 1. The number of nitrogens with zero attached hydrogens (tertiary/aromatic N) is 5. The minimum atomic E-state index is -0.0877. The standard InChI is InChI=1S/C19H21N5OS/c1-13(2)12-23-11-10-20-17(18(23)25)26-19-21-16(14-8-9-14)24(22-19)15-6-4-3-5-7-15/h3-7,10-11,13-14H,8-9,12H2,1-2H3. The van der Waals surface area contributed by atoms with E-state index in [1.807, 2.05) is 35.0 Å². The van der Waals surface area contributed by atoms with Crippen LogP contribution in [0.2, 0.25) is 0 Å². The molecule has 2 aromatic heterocycles. The molecule has 0 radical (unpaired) electrons. The van der Waals surface area contributed by atoms with Gasteiger partial charge in [0.25, 0.3) is 5.56 Å². The molecule has 0 bridgehead atoms. The molecule has 1 saturated carbocycles. The van der Waals surface area contributed by atoms with Crippen molar-refractivity contribution in [3.05, 3.63) is 58.9 Å². The summed E-state index contributed by atoms with van der Waals surface area (Å²) >= 11 is 1.24. The van der Waals surface area contributed by atoms with E-state index in [2.05, 4.69) is 23.9 Å². The van der Waals surface area contributed by atoms with Crippen molar-refractivity contribution in [3.63, 3.8) is 0 Å². The third kappa shape index (κ3) is 3.58. The molecule has 2 heterocycles. The van der Waals surface area contributed by atoms with Crippen molar-refractivity contribution < 1.29 is 0 Å². The van der Waals surface area contributed by atoms with Crippen molar-refractivity contribution in [2.45, 2.75) is 49.3 Å². The number of para-hydroxylation sites is 1. The zero-order chi connectivity index (χ0) is 18.1. The molecule has 1 fully saturated rings. The summed E-state index contributed by atoms with van der Waals surface area (Å²) < 4.78 is 3.60. The Morgan fingerprint density at radius 3 is 2.69 bits per heavy atom. The maximum atomic E-state index is 12.6. The van der Waals surface area contributed by atoms with Crippen molar-refractivity contribution in [1.29, 1.82) is 0 Å². The molecular formula is C19H21N5OS.